The quantitative estimate of drug-likeness (QED) is 0.607. The van der Waals surface area contributed by atoms with Crippen molar-refractivity contribution < 1.29 is 5.11 Å². The number of fused-ring (bicyclic) bond motifs is 1. The molecule has 0 amide bonds. The van der Waals surface area contributed by atoms with E-state index in [9.17, 15) is 0 Å². The highest BCUT2D eigenvalue weighted by Crippen LogP contribution is 2.22. The minimum atomic E-state index is 0.322. The minimum Gasteiger partial charge on any atom is -0.508 e. The highest BCUT2D eigenvalue weighted by molar-refractivity contribution is 6.35. The van der Waals surface area contributed by atoms with Gasteiger partial charge in [-0.25, -0.2) is 0 Å². The summed E-state index contributed by atoms with van der Waals surface area (Å²) in [7, 11) is 0. The van der Waals surface area contributed by atoms with Crippen LogP contribution in [0.2, 0.25) is 5.02 Å². The number of halogens is 1. The van der Waals surface area contributed by atoms with Crippen molar-refractivity contribution in [3.8, 4) is 5.75 Å². The predicted molar refractivity (Wildman–Crippen MR) is 77.1 cm³/mol. The van der Waals surface area contributed by atoms with Gasteiger partial charge in [0.25, 0.3) is 0 Å². The summed E-state index contributed by atoms with van der Waals surface area (Å²) in [6.07, 6.45) is 0. The maximum absolute atomic E-state index is 8.63. The van der Waals surface area contributed by atoms with Gasteiger partial charge >= 0.3 is 0 Å². The van der Waals surface area contributed by atoms with Crippen LogP contribution in [0.4, 0.5) is 0 Å². The van der Waals surface area contributed by atoms with Crippen LogP contribution in [0.25, 0.3) is 10.8 Å². The second-order valence-electron chi connectivity index (χ2n) is 3.80. The van der Waals surface area contributed by atoms with Crippen LogP contribution in [0, 0.1) is 0 Å². The van der Waals surface area contributed by atoms with Crippen LogP contribution in [0.5, 0.6) is 5.75 Å². The molecule has 0 aliphatic heterocycles. The van der Waals surface area contributed by atoms with E-state index < -0.39 is 0 Å². The van der Waals surface area contributed by atoms with Crippen molar-refractivity contribution in [3.63, 3.8) is 0 Å². The van der Waals surface area contributed by atoms with Gasteiger partial charge in [0.2, 0.25) is 0 Å². The van der Waals surface area contributed by atoms with Crippen LogP contribution >= 0.6 is 11.6 Å². The van der Waals surface area contributed by atoms with Crippen molar-refractivity contribution in [1.82, 2.24) is 0 Å². The van der Waals surface area contributed by atoms with Crippen LogP contribution in [-0.2, 0) is 0 Å². The third-order valence-corrected chi connectivity index (χ3v) is 2.82. The standard InChI is InChI=1S/C10H7Cl.C6H6O/c11-10-7-3-5-8-4-1-2-6-9(8)10;7-6-4-2-1-3-5-6/h1-7H;1-5,7H. The maximum Gasteiger partial charge on any atom is 0.115 e. The molecule has 0 fully saturated rings. The van der Waals surface area contributed by atoms with Gasteiger partial charge in [0.15, 0.2) is 0 Å². The van der Waals surface area contributed by atoms with Gasteiger partial charge in [-0.3, -0.25) is 0 Å². The summed E-state index contributed by atoms with van der Waals surface area (Å²) in [4.78, 5) is 0. The Labute approximate surface area is 111 Å². The average molecular weight is 257 g/mol. The largest absolute Gasteiger partial charge is 0.508 e. The molecule has 0 saturated heterocycles. The van der Waals surface area contributed by atoms with E-state index in [1.54, 1.807) is 24.3 Å². The Morgan fingerprint density at radius 3 is 1.89 bits per heavy atom. The first kappa shape index (κ1) is 12.5. The fraction of sp³-hybridized carbons (Fsp3) is 0. The molecule has 3 aromatic carbocycles. The van der Waals surface area contributed by atoms with Gasteiger partial charge in [-0.2, -0.15) is 0 Å². The number of benzene rings is 3. The van der Waals surface area contributed by atoms with Crippen molar-refractivity contribution in [3.05, 3.63) is 77.8 Å². The van der Waals surface area contributed by atoms with Gasteiger partial charge in [0, 0.05) is 10.4 Å². The van der Waals surface area contributed by atoms with Crippen LogP contribution in [0.15, 0.2) is 72.8 Å². The summed E-state index contributed by atoms with van der Waals surface area (Å²) in [5.74, 6) is 0.322. The summed E-state index contributed by atoms with van der Waals surface area (Å²) in [5, 5.41) is 11.8. The molecule has 0 bridgehead atoms. The lowest BCUT2D eigenvalue weighted by atomic mass is 10.1. The molecule has 0 aliphatic rings. The predicted octanol–water partition coefficient (Wildman–Crippen LogP) is 4.89. The number of hydrogen-bond donors (Lipinski definition) is 1. The summed E-state index contributed by atoms with van der Waals surface area (Å²) in [5.41, 5.74) is 0. The normalized spacial score (nSPS) is 9.61. The summed E-state index contributed by atoms with van der Waals surface area (Å²) in [6.45, 7) is 0. The Morgan fingerprint density at radius 1 is 0.667 bits per heavy atom. The topological polar surface area (TPSA) is 20.2 Å². The van der Waals surface area contributed by atoms with E-state index in [1.807, 2.05) is 36.4 Å². The van der Waals surface area contributed by atoms with Crippen molar-refractivity contribution in [1.29, 1.82) is 0 Å². The lowest BCUT2D eigenvalue weighted by Gasteiger charge is -1.97. The molecule has 0 aromatic heterocycles. The Hall–Kier alpha value is -1.99. The maximum atomic E-state index is 8.63. The Balaban J connectivity index is 0.000000149. The number of para-hydroxylation sites is 1. The van der Waals surface area contributed by atoms with Gasteiger partial charge in [0.1, 0.15) is 5.75 Å². The zero-order chi connectivity index (χ0) is 12.8. The number of phenolic OH excluding ortho intramolecular Hbond substituents is 1. The lowest BCUT2D eigenvalue weighted by molar-refractivity contribution is 0.475. The van der Waals surface area contributed by atoms with Gasteiger partial charge in [0.05, 0.1) is 0 Å². The molecule has 1 nitrogen and oxygen atoms in total. The molecule has 2 heteroatoms. The van der Waals surface area contributed by atoms with E-state index >= 15 is 0 Å². The van der Waals surface area contributed by atoms with E-state index in [0.717, 1.165) is 10.4 Å². The monoisotopic (exact) mass is 256 g/mol. The summed E-state index contributed by atoms with van der Waals surface area (Å²) < 4.78 is 0. The summed E-state index contributed by atoms with van der Waals surface area (Å²) >= 11 is 5.96. The van der Waals surface area contributed by atoms with Gasteiger partial charge in [-0.1, -0.05) is 66.2 Å². The molecule has 0 unspecified atom stereocenters. The number of rotatable bonds is 0. The number of hydrogen-bond acceptors (Lipinski definition) is 1. The first-order valence-electron chi connectivity index (χ1n) is 5.64. The van der Waals surface area contributed by atoms with Gasteiger partial charge < -0.3 is 5.11 Å². The molecule has 0 spiro atoms. The van der Waals surface area contributed by atoms with Crippen LogP contribution in [-0.4, -0.2) is 5.11 Å². The minimum absolute atomic E-state index is 0.322. The SMILES string of the molecule is Clc1cccc2ccccc12.Oc1ccccc1. The second kappa shape index (κ2) is 6.08. The number of phenols is 1. The molecular formula is C16H13ClO. The molecule has 18 heavy (non-hydrogen) atoms. The molecule has 3 rings (SSSR count). The van der Waals surface area contributed by atoms with Crippen molar-refractivity contribution in [2.45, 2.75) is 0 Å². The lowest BCUT2D eigenvalue weighted by Crippen LogP contribution is -1.70. The van der Waals surface area contributed by atoms with E-state index in [4.69, 9.17) is 16.7 Å². The highest BCUT2D eigenvalue weighted by atomic mass is 35.5. The van der Waals surface area contributed by atoms with Crippen molar-refractivity contribution in [2.75, 3.05) is 0 Å². The Bertz CT molecular complexity index is 615. The molecule has 1 N–H and O–H groups in total. The fourth-order valence-electron chi connectivity index (χ4n) is 1.61. The first-order chi connectivity index (χ1) is 8.77. The van der Waals surface area contributed by atoms with Crippen LogP contribution in [0.1, 0.15) is 0 Å². The van der Waals surface area contributed by atoms with E-state index in [0.29, 0.717) is 5.75 Å². The van der Waals surface area contributed by atoms with Crippen molar-refractivity contribution in [2.24, 2.45) is 0 Å². The molecule has 0 aliphatic carbocycles. The zero-order valence-corrected chi connectivity index (χ0v) is 10.5. The molecule has 0 atom stereocenters. The molecule has 0 heterocycles. The zero-order valence-electron chi connectivity index (χ0n) is 9.75. The smallest absolute Gasteiger partial charge is 0.115 e. The summed E-state index contributed by atoms with van der Waals surface area (Å²) in [6, 6.07) is 22.7. The third kappa shape index (κ3) is 3.25. The molecule has 0 saturated carbocycles. The van der Waals surface area contributed by atoms with Crippen LogP contribution < -0.4 is 0 Å². The molecule has 90 valence electrons. The molecular weight excluding hydrogens is 244 g/mol. The first-order valence-corrected chi connectivity index (χ1v) is 6.02. The highest BCUT2D eigenvalue weighted by Gasteiger charge is 1.93. The fourth-order valence-corrected chi connectivity index (χ4v) is 1.86. The van der Waals surface area contributed by atoms with E-state index in [2.05, 4.69) is 12.1 Å². The van der Waals surface area contributed by atoms with Gasteiger partial charge in [-0.15, -0.1) is 0 Å². The molecule has 0 radical (unpaired) electrons. The Kier molecular flexibility index (Phi) is 4.21. The average Bonchev–Trinajstić information content (AvgIpc) is 2.41. The number of aromatic hydroxyl groups is 1. The Morgan fingerprint density at radius 2 is 1.28 bits per heavy atom. The molecule has 3 aromatic rings. The second-order valence-corrected chi connectivity index (χ2v) is 4.20. The van der Waals surface area contributed by atoms with Gasteiger partial charge in [-0.05, 0) is 23.6 Å². The third-order valence-electron chi connectivity index (χ3n) is 2.49. The van der Waals surface area contributed by atoms with Crippen molar-refractivity contribution >= 4 is 22.4 Å². The van der Waals surface area contributed by atoms with Crippen LogP contribution in [0.3, 0.4) is 0 Å². The van der Waals surface area contributed by atoms with E-state index in [1.165, 1.54) is 5.39 Å². The van der Waals surface area contributed by atoms with E-state index in [-0.39, 0.29) is 0 Å².